The van der Waals surface area contributed by atoms with Crippen LogP contribution in [0.25, 0.3) is 0 Å². The van der Waals surface area contributed by atoms with E-state index in [-0.39, 0.29) is 12.6 Å². The molecule has 0 fully saturated rings. The van der Waals surface area contributed by atoms with Gasteiger partial charge < -0.3 is 4.74 Å². The van der Waals surface area contributed by atoms with Gasteiger partial charge in [0, 0.05) is 18.4 Å². The second kappa shape index (κ2) is 7.84. The molecule has 1 aromatic heterocycles. The molecule has 0 bridgehead atoms. The SMILES string of the molecule is C#CCN(C(=O)Oc1ccncc1)[C@@H](C)Cc1ccccc1. The van der Waals surface area contributed by atoms with Gasteiger partial charge in [0.1, 0.15) is 5.75 Å². The molecule has 0 radical (unpaired) electrons. The Balaban J connectivity index is 2.05. The molecule has 0 aliphatic rings. The van der Waals surface area contributed by atoms with Crippen LogP contribution in [0.1, 0.15) is 12.5 Å². The van der Waals surface area contributed by atoms with Crippen molar-refractivity contribution in [3.63, 3.8) is 0 Å². The minimum absolute atomic E-state index is 0.0622. The van der Waals surface area contributed by atoms with E-state index in [0.29, 0.717) is 12.2 Å². The molecule has 0 saturated heterocycles. The molecule has 2 rings (SSSR count). The number of hydrogen-bond acceptors (Lipinski definition) is 3. The number of amides is 1. The van der Waals surface area contributed by atoms with Crippen LogP contribution in [0.3, 0.4) is 0 Å². The summed E-state index contributed by atoms with van der Waals surface area (Å²) in [5.74, 6) is 2.97. The third kappa shape index (κ3) is 4.35. The number of terminal acetylenes is 1. The lowest BCUT2D eigenvalue weighted by molar-refractivity contribution is 0.142. The fraction of sp³-hybridized carbons (Fsp3) is 0.222. The van der Waals surface area contributed by atoms with Crippen molar-refractivity contribution in [1.82, 2.24) is 9.88 Å². The van der Waals surface area contributed by atoms with E-state index >= 15 is 0 Å². The summed E-state index contributed by atoms with van der Waals surface area (Å²) in [6, 6.07) is 13.2. The average Bonchev–Trinajstić information content (AvgIpc) is 2.54. The van der Waals surface area contributed by atoms with Crippen molar-refractivity contribution in [1.29, 1.82) is 0 Å². The van der Waals surface area contributed by atoms with Gasteiger partial charge in [0.25, 0.3) is 0 Å². The fourth-order valence-corrected chi connectivity index (χ4v) is 2.13. The maximum atomic E-state index is 12.3. The second-order valence-electron chi connectivity index (χ2n) is 4.92. The number of benzene rings is 1. The zero-order chi connectivity index (χ0) is 15.8. The van der Waals surface area contributed by atoms with Crippen LogP contribution in [0.5, 0.6) is 5.75 Å². The van der Waals surface area contributed by atoms with Crippen LogP contribution in [0.15, 0.2) is 54.9 Å². The van der Waals surface area contributed by atoms with E-state index in [2.05, 4.69) is 10.9 Å². The summed E-state index contributed by atoms with van der Waals surface area (Å²) in [4.78, 5) is 17.8. The van der Waals surface area contributed by atoms with E-state index in [1.54, 1.807) is 29.4 Å². The zero-order valence-corrected chi connectivity index (χ0v) is 12.5. The van der Waals surface area contributed by atoms with Crippen molar-refractivity contribution in [3.8, 4) is 18.1 Å². The topological polar surface area (TPSA) is 42.4 Å². The Hall–Kier alpha value is -2.80. The molecular weight excluding hydrogens is 276 g/mol. The highest BCUT2D eigenvalue weighted by atomic mass is 16.6. The van der Waals surface area contributed by atoms with Crippen LogP contribution in [0.4, 0.5) is 4.79 Å². The summed E-state index contributed by atoms with van der Waals surface area (Å²) in [6.45, 7) is 2.16. The van der Waals surface area contributed by atoms with E-state index < -0.39 is 6.09 Å². The van der Waals surface area contributed by atoms with Crippen molar-refractivity contribution in [3.05, 3.63) is 60.4 Å². The minimum atomic E-state index is -0.451. The zero-order valence-electron chi connectivity index (χ0n) is 12.5. The molecule has 0 aliphatic carbocycles. The van der Waals surface area contributed by atoms with Gasteiger partial charge >= 0.3 is 6.09 Å². The van der Waals surface area contributed by atoms with Crippen LogP contribution in [0.2, 0.25) is 0 Å². The lowest BCUT2D eigenvalue weighted by Gasteiger charge is -2.26. The number of carbonyl (C=O) groups is 1. The Kier molecular flexibility index (Phi) is 5.56. The molecule has 1 atom stereocenters. The smallest absolute Gasteiger partial charge is 0.410 e. The maximum Gasteiger partial charge on any atom is 0.416 e. The van der Waals surface area contributed by atoms with Crippen molar-refractivity contribution in [2.45, 2.75) is 19.4 Å². The molecule has 1 aromatic carbocycles. The highest BCUT2D eigenvalue weighted by molar-refractivity contribution is 5.71. The molecular formula is C18H18N2O2. The Labute approximate surface area is 130 Å². The van der Waals surface area contributed by atoms with Gasteiger partial charge in [-0.2, -0.15) is 0 Å². The summed E-state index contributed by atoms with van der Waals surface area (Å²) in [7, 11) is 0. The first-order chi connectivity index (χ1) is 10.7. The third-order valence-corrected chi connectivity index (χ3v) is 3.26. The first-order valence-corrected chi connectivity index (χ1v) is 7.06. The Morgan fingerprint density at radius 1 is 1.27 bits per heavy atom. The highest BCUT2D eigenvalue weighted by Crippen LogP contribution is 2.13. The van der Waals surface area contributed by atoms with Crippen molar-refractivity contribution in [2.75, 3.05) is 6.54 Å². The Morgan fingerprint density at radius 3 is 2.59 bits per heavy atom. The second-order valence-corrected chi connectivity index (χ2v) is 4.92. The van der Waals surface area contributed by atoms with E-state index in [4.69, 9.17) is 11.2 Å². The molecule has 0 unspecified atom stereocenters. The fourth-order valence-electron chi connectivity index (χ4n) is 2.13. The number of ether oxygens (including phenoxy) is 1. The number of carbonyl (C=O) groups excluding carboxylic acids is 1. The molecule has 1 heterocycles. The molecule has 0 N–H and O–H groups in total. The largest absolute Gasteiger partial charge is 0.416 e. The minimum Gasteiger partial charge on any atom is -0.410 e. The summed E-state index contributed by atoms with van der Waals surface area (Å²) in [6.07, 6.45) is 8.79. The van der Waals surface area contributed by atoms with Crippen molar-refractivity contribution < 1.29 is 9.53 Å². The first-order valence-electron chi connectivity index (χ1n) is 7.06. The molecule has 0 saturated carbocycles. The van der Waals surface area contributed by atoms with Crippen LogP contribution >= 0.6 is 0 Å². The van der Waals surface area contributed by atoms with Crippen LogP contribution in [0, 0.1) is 12.3 Å². The molecule has 0 aliphatic heterocycles. The summed E-state index contributed by atoms with van der Waals surface area (Å²) >= 11 is 0. The van der Waals surface area contributed by atoms with Crippen molar-refractivity contribution in [2.24, 2.45) is 0 Å². The molecule has 4 nitrogen and oxygen atoms in total. The Bertz CT molecular complexity index is 635. The summed E-state index contributed by atoms with van der Waals surface area (Å²) in [5, 5.41) is 0. The summed E-state index contributed by atoms with van der Waals surface area (Å²) < 4.78 is 5.34. The van der Waals surface area contributed by atoms with E-state index in [1.165, 1.54) is 0 Å². The number of nitrogens with zero attached hydrogens (tertiary/aromatic N) is 2. The lowest BCUT2D eigenvalue weighted by Crippen LogP contribution is -2.41. The van der Waals surface area contributed by atoms with Gasteiger partial charge in [-0.3, -0.25) is 9.88 Å². The normalized spacial score (nSPS) is 11.3. The highest BCUT2D eigenvalue weighted by Gasteiger charge is 2.21. The van der Waals surface area contributed by atoms with Gasteiger partial charge in [-0.25, -0.2) is 4.79 Å². The lowest BCUT2D eigenvalue weighted by atomic mass is 10.1. The number of hydrogen-bond donors (Lipinski definition) is 0. The van der Waals surface area contributed by atoms with Gasteiger partial charge in [0.05, 0.1) is 6.54 Å². The molecule has 4 heteroatoms. The van der Waals surface area contributed by atoms with Crippen LogP contribution in [-0.4, -0.2) is 28.6 Å². The summed E-state index contributed by atoms with van der Waals surface area (Å²) in [5.41, 5.74) is 1.15. The maximum absolute atomic E-state index is 12.3. The predicted octanol–water partition coefficient (Wildman–Crippen LogP) is 3.15. The monoisotopic (exact) mass is 294 g/mol. The molecule has 22 heavy (non-hydrogen) atoms. The molecule has 0 spiro atoms. The van der Waals surface area contributed by atoms with E-state index in [0.717, 1.165) is 5.56 Å². The third-order valence-electron chi connectivity index (χ3n) is 3.26. The number of pyridine rings is 1. The van der Waals surface area contributed by atoms with Crippen molar-refractivity contribution >= 4 is 6.09 Å². The quantitative estimate of drug-likeness (QED) is 0.796. The van der Waals surface area contributed by atoms with E-state index in [9.17, 15) is 4.79 Å². The standard InChI is InChI=1S/C18H18N2O2/c1-3-13-20(15(2)14-16-7-5-4-6-8-16)18(21)22-17-9-11-19-12-10-17/h1,4-12,15H,13-14H2,2H3/t15-/m0/s1. The molecule has 1 amide bonds. The van der Waals surface area contributed by atoms with Gasteiger partial charge in [-0.05, 0) is 31.0 Å². The Morgan fingerprint density at radius 2 is 1.95 bits per heavy atom. The van der Waals surface area contributed by atoms with Gasteiger partial charge in [-0.15, -0.1) is 6.42 Å². The van der Waals surface area contributed by atoms with Crippen LogP contribution in [-0.2, 0) is 6.42 Å². The number of aromatic nitrogens is 1. The molecule has 112 valence electrons. The van der Waals surface area contributed by atoms with Gasteiger partial charge in [-0.1, -0.05) is 36.3 Å². The predicted molar refractivity (Wildman–Crippen MR) is 85.4 cm³/mol. The van der Waals surface area contributed by atoms with E-state index in [1.807, 2.05) is 37.3 Å². The first kappa shape index (κ1) is 15.6. The van der Waals surface area contributed by atoms with Crippen LogP contribution < -0.4 is 4.74 Å². The van der Waals surface area contributed by atoms with Gasteiger partial charge in [0.2, 0.25) is 0 Å². The van der Waals surface area contributed by atoms with Gasteiger partial charge in [0.15, 0.2) is 0 Å². The number of rotatable bonds is 5. The molecule has 2 aromatic rings. The average molecular weight is 294 g/mol.